The zero-order valence-electron chi connectivity index (χ0n) is 16.3. The number of oxazole rings is 1. The molecule has 1 heterocycles. The number of nitrogens with one attached hydrogen (secondary N) is 2. The van der Waals surface area contributed by atoms with Gasteiger partial charge in [-0.3, -0.25) is 14.4 Å². The van der Waals surface area contributed by atoms with Crippen LogP contribution in [0.2, 0.25) is 0 Å². The first-order valence-corrected chi connectivity index (χ1v) is 8.85. The minimum atomic E-state index is -0.858. The summed E-state index contributed by atoms with van der Waals surface area (Å²) in [7, 11) is 2.78. The van der Waals surface area contributed by atoms with Gasteiger partial charge in [0.2, 0.25) is 0 Å². The van der Waals surface area contributed by atoms with Crippen LogP contribution in [0.4, 0.5) is 11.4 Å². The van der Waals surface area contributed by atoms with Crippen molar-refractivity contribution < 1.29 is 28.3 Å². The van der Waals surface area contributed by atoms with Gasteiger partial charge < -0.3 is 24.5 Å². The molecule has 3 rings (SSSR count). The normalized spacial score (nSPS) is 10.2. The maximum atomic E-state index is 12.3. The summed E-state index contributed by atoms with van der Waals surface area (Å²) in [6.07, 6.45) is 2.90. The predicted octanol–water partition coefficient (Wildman–Crippen LogP) is 2.64. The lowest BCUT2D eigenvalue weighted by Crippen LogP contribution is -2.29. The molecule has 154 valence electrons. The van der Waals surface area contributed by atoms with Crippen LogP contribution >= 0.6 is 0 Å². The number of carbonyl (C=O) groups is 3. The molecule has 0 bridgehead atoms. The molecule has 0 spiro atoms. The van der Waals surface area contributed by atoms with E-state index in [1.54, 1.807) is 42.5 Å². The number of hydrogen-bond acceptors (Lipinski definition) is 7. The quantitative estimate of drug-likeness (QED) is 0.474. The second-order valence-electron chi connectivity index (χ2n) is 6.14. The van der Waals surface area contributed by atoms with Crippen molar-refractivity contribution in [1.82, 2.24) is 4.98 Å². The van der Waals surface area contributed by atoms with E-state index in [4.69, 9.17) is 9.15 Å². The van der Waals surface area contributed by atoms with Crippen molar-refractivity contribution in [2.75, 3.05) is 24.9 Å². The molecule has 0 saturated heterocycles. The molecule has 30 heavy (non-hydrogen) atoms. The van der Waals surface area contributed by atoms with Crippen LogP contribution in [0.15, 0.2) is 59.5 Å². The number of anilines is 2. The first-order chi connectivity index (χ1) is 14.5. The van der Waals surface area contributed by atoms with E-state index in [-0.39, 0.29) is 6.42 Å². The van der Waals surface area contributed by atoms with Crippen molar-refractivity contribution in [1.29, 1.82) is 0 Å². The highest BCUT2D eigenvalue weighted by atomic mass is 16.5. The van der Waals surface area contributed by atoms with Crippen LogP contribution in [-0.2, 0) is 25.5 Å². The monoisotopic (exact) mass is 409 g/mol. The number of benzene rings is 2. The van der Waals surface area contributed by atoms with Gasteiger partial charge >= 0.3 is 17.8 Å². The summed E-state index contributed by atoms with van der Waals surface area (Å²) in [6, 6.07) is 11.5. The van der Waals surface area contributed by atoms with Crippen LogP contribution in [-0.4, -0.2) is 37.0 Å². The number of methoxy groups -OCH3 is 2. The smallest absolute Gasteiger partial charge is 0.314 e. The molecule has 9 heteroatoms. The van der Waals surface area contributed by atoms with Gasteiger partial charge in [0, 0.05) is 17.4 Å². The van der Waals surface area contributed by atoms with E-state index in [0.717, 1.165) is 0 Å². The third-order valence-corrected chi connectivity index (χ3v) is 4.12. The Bertz CT molecular complexity index is 1060. The summed E-state index contributed by atoms with van der Waals surface area (Å²) < 4.78 is 15.2. The van der Waals surface area contributed by atoms with E-state index in [0.29, 0.717) is 34.0 Å². The summed E-state index contributed by atoms with van der Waals surface area (Å²) in [6.45, 7) is 0. The molecule has 0 atom stereocenters. The Morgan fingerprint density at radius 2 is 1.73 bits per heavy atom. The second kappa shape index (κ2) is 9.37. The van der Waals surface area contributed by atoms with Crippen molar-refractivity contribution in [2.45, 2.75) is 6.42 Å². The van der Waals surface area contributed by atoms with Crippen LogP contribution in [0.3, 0.4) is 0 Å². The number of amides is 2. The molecule has 2 aromatic carbocycles. The lowest BCUT2D eigenvalue weighted by atomic mass is 10.1. The fourth-order valence-electron chi connectivity index (χ4n) is 2.69. The number of aromatic nitrogens is 1. The molecule has 0 aliphatic heterocycles. The lowest BCUT2D eigenvalue weighted by Gasteiger charge is -2.11. The molecule has 0 aliphatic carbocycles. The third kappa shape index (κ3) is 5.02. The maximum absolute atomic E-state index is 12.3. The number of ether oxygens (including phenoxy) is 2. The van der Waals surface area contributed by atoms with Gasteiger partial charge in [0.1, 0.15) is 5.75 Å². The number of nitrogens with zero attached hydrogens (tertiary/aromatic N) is 1. The van der Waals surface area contributed by atoms with E-state index < -0.39 is 17.8 Å². The topological polar surface area (TPSA) is 120 Å². The van der Waals surface area contributed by atoms with Crippen molar-refractivity contribution >= 4 is 29.2 Å². The Balaban J connectivity index is 1.67. The number of carbonyl (C=O) groups excluding carboxylic acids is 3. The summed E-state index contributed by atoms with van der Waals surface area (Å²) in [5.74, 6) is -1.17. The predicted molar refractivity (Wildman–Crippen MR) is 108 cm³/mol. The largest absolute Gasteiger partial charge is 0.496 e. The fourth-order valence-corrected chi connectivity index (χ4v) is 2.69. The molecule has 9 nitrogen and oxygen atoms in total. The summed E-state index contributed by atoms with van der Waals surface area (Å²) in [5, 5.41) is 5.01. The average Bonchev–Trinajstić information content (AvgIpc) is 3.28. The van der Waals surface area contributed by atoms with Crippen molar-refractivity contribution in [3.05, 3.63) is 60.6 Å². The van der Waals surface area contributed by atoms with Gasteiger partial charge in [0.15, 0.2) is 12.2 Å². The number of esters is 1. The number of rotatable bonds is 6. The van der Waals surface area contributed by atoms with Crippen LogP contribution in [0.5, 0.6) is 5.75 Å². The molecule has 0 fully saturated rings. The fraction of sp³-hybridized carbons (Fsp3) is 0.143. The minimum Gasteiger partial charge on any atom is -0.496 e. The van der Waals surface area contributed by atoms with E-state index in [1.807, 2.05) is 0 Å². The molecule has 1 aromatic heterocycles. The molecular formula is C21H19N3O6. The van der Waals surface area contributed by atoms with E-state index in [9.17, 15) is 14.4 Å². The average molecular weight is 409 g/mol. The highest BCUT2D eigenvalue weighted by Crippen LogP contribution is 2.32. The highest BCUT2D eigenvalue weighted by molar-refractivity contribution is 6.43. The molecule has 2 N–H and O–H groups in total. The second-order valence-corrected chi connectivity index (χ2v) is 6.14. The van der Waals surface area contributed by atoms with Gasteiger partial charge in [0.05, 0.1) is 32.4 Å². The van der Waals surface area contributed by atoms with Crippen molar-refractivity contribution in [3.63, 3.8) is 0 Å². The molecule has 3 aromatic rings. The van der Waals surface area contributed by atoms with Gasteiger partial charge in [-0.25, -0.2) is 4.98 Å². The van der Waals surface area contributed by atoms with Gasteiger partial charge in [-0.05, 0) is 29.8 Å². The molecule has 0 saturated carbocycles. The van der Waals surface area contributed by atoms with Crippen molar-refractivity contribution in [3.8, 4) is 17.1 Å². The number of hydrogen-bond donors (Lipinski definition) is 2. The zero-order valence-corrected chi connectivity index (χ0v) is 16.3. The first kappa shape index (κ1) is 20.6. The molecule has 0 unspecified atom stereocenters. The standard InChI is InChI=1S/C21H19N3O6/c1-28-17-10-15(6-7-16(17)18-11-22-12-30-18)24-21(27)20(26)23-14-5-3-4-13(8-14)9-19(25)29-2/h3-8,10-12H,9H2,1-2H3,(H,23,26)(H,24,27). The SMILES string of the molecule is COC(=O)Cc1cccc(NC(=O)C(=O)Nc2ccc(-c3cnco3)c(OC)c2)c1. The maximum Gasteiger partial charge on any atom is 0.314 e. The Morgan fingerprint density at radius 1 is 1.00 bits per heavy atom. The van der Waals surface area contributed by atoms with Gasteiger partial charge in [-0.2, -0.15) is 0 Å². The van der Waals surface area contributed by atoms with Gasteiger partial charge in [0.25, 0.3) is 0 Å². The Hall–Kier alpha value is -4.14. The molecule has 0 aliphatic rings. The van der Waals surface area contributed by atoms with Crippen LogP contribution < -0.4 is 15.4 Å². The van der Waals surface area contributed by atoms with Gasteiger partial charge in [-0.1, -0.05) is 12.1 Å². The van der Waals surface area contributed by atoms with E-state index in [2.05, 4.69) is 20.4 Å². The summed E-state index contributed by atoms with van der Waals surface area (Å²) >= 11 is 0. The lowest BCUT2D eigenvalue weighted by molar-refractivity contribution is -0.139. The summed E-state index contributed by atoms with van der Waals surface area (Å²) in [4.78, 5) is 39.8. The Morgan fingerprint density at radius 3 is 2.37 bits per heavy atom. The van der Waals surface area contributed by atoms with E-state index in [1.165, 1.54) is 26.8 Å². The summed E-state index contributed by atoms with van der Waals surface area (Å²) in [5.41, 5.74) is 2.05. The molecule has 0 radical (unpaired) electrons. The first-order valence-electron chi connectivity index (χ1n) is 8.85. The van der Waals surface area contributed by atoms with Crippen LogP contribution in [0.1, 0.15) is 5.56 Å². The molecular weight excluding hydrogens is 390 g/mol. The van der Waals surface area contributed by atoms with E-state index >= 15 is 0 Å². The van der Waals surface area contributed by atoms with Crippen molar-refractivity contribution in [2.24, 2.45) is 0 Å². The third-order valence-electron chi connectivity index (χ3n) is 4.12. The molecule has 2 amide bonds. The Kier molecular flexibility index (Phi) is 6.43. The van der Waals surface area contributed by atoms with Crippen LogP contribution in [0, 0.1) is 0 Å². The Labute approximate surface area is 172 Å². The zero-order chi connectivity index (χ0) is 21.5. The van der Waals surface area contributed by atoms with Gasteiger partial charge in [-0.15, -0.1) is 0 Å². The minimum absolute atomic E-state index is 0.0593. The highest BCUT2D eigenvalue weighted by Gasteiger charge is 2.16. The van der Waals surface area contributed by atoms with Crippen LogP contribution in [0.25, 0.3) is 11.3 Å².